The lowest BCUT2D eigenvalue weighted by molar-refractivity contribution is -0.213. The van der Waals surface area contributed by atoms with Crippen LogP contribution in [0.25, 0.3) is 0 Å². The summed E-state index contributed by atoms with van der Waals surface area (Å²) < 4.78 is 44.2. The number of thioether (sulfide) groups is 2. The Labute approximate surface area is 341 Å². The zero-order valence-electron chi connectivity index (χ0n) is 32.8. The second-order valence-electron chi connectivity index (χ2n) is 13.5. The van der Waals surface area contributed by atoms with Crippen LogP contribution in [0.3, 0.4) is 0 Å². The van der Waals surface area contributed by atoms with Crippen molar-refractivity contribution in [1.29, 1.82) is 0 Å². The number of aromatic hydroxyl groups is 2. The number of Topliss-reactive ketones (excluding diaryl/α,β-unsaturated/α-hetero) is 1. The molecule has 0 aromatic heterocycles. The molecule has 4 rings (SSSR count). The van der Waals surface area contributed by atoms with Gasteiger partial charge in [0.15, 0.2) is 48.2 Å². The molecule has 0 amide bonds. The van der Waals surface area contributed by atoms with Gasteiger partial charge in [0.2, 0.25) is 0 Å². The third kappa shape index (κ3) is 11.4. The third-order valence-electron chi connectivity index (χ3n) is 8.50. The Kier molecular flexibility index (Phi) is 15.5. The van der Waals surface area contributed by atoms with Crippen LogP contribution in [0.1, 0.15) is 82.5 Å². The van der Waals surface area contributed by atoms with E-state index >= 15 is 0 Å². The lowest BCUT2D eigenvalue weighted by Crippen LogP contribution is -2.56. The number of carbonyl (C=O) groups excluding carboxylic acids is 8. The molecular weight excluding hydrogens is 809 g/mol. The highest BCUT2D eigenvalue weighted by atomic mass is 32.2. The second-order valence-corrected chi connectivity index (χ2v) is 16.0. The maximum absolute atomic E-state index is 14.5. The minimum atomic E-state index is -1.43. The van der Waals surface area contributed by atoms with Gasteiger partial charge in [-0.15, -0.1) is 11.8 Å². The first kappa shape index (κ1) is 45.8. The lowest BCUT2D eigenvalue weighted by Gasteiger charge is -2.41. The molecule has 0 radical (unpaired) electrons. The van der Waals surface area contributed by atoms with Gasteiger partial charge in [-0.2, -0.15) is 0 Å². The molecule has 2 N–H and O–H groups in total. The van der Waals surface area contributed by atoms with Gasteiger partial charge in [0.1, 0.15) is 22.4 Å². The fraction of sp³-hybridized carbons (Fsp3) is 0.526. The van der Waals surface area contributed by atoms with Gasteiger partial charge in [-0.25, -0.2) is 0 Å². The van der Waals surface area contributed by atoms with E-state index < -0.39 is 123 Å². The maximum atomic E-state index is 14.5. The first-order chi connectivity index (χ1) is 27.2. The Bertz CT molecular complexity index is 1900. The molecule has 2 aliphatic heterocycles. The molecule has 58 heavy (non-hydrogen) atoms. The highest BCUT2D eigenvalue weighted by Crippen LogP contribution is 2.47. The molecule has 2 saturated heterocycles. The van der Waals surface area contributed by atoms with Gasteiger partial charge in [-0.3, -0.25) is 38.4 Å². The molecule has 316 valence electrons. The van der Waals surface area contributed by atoms with Gasteiger partial charge < -0.3 is 48.1 Å². The summed E-state index contributed by atoms with van der Waals surface area (Å²) >= 11 is 1.61. The van der Waals surface area contributed by atoms with Gasteiger partial charge in [0.25, 0.3) is 0 Å². The molecule has 2 heterocycles. The van der Waals surface area contributed by atoms with E-state index in [9.17, 15) is 48.6 Å². The largest absolute Gasteiger partial charge is 0.507 e. The van der Waals surface area contributed by atoms with E-state index in [1.54, 1.807) is 19.9 Å². The predicted octanol–water partition coefficient (Wildman–Crippen LogP) is 3.26. The van der Waals surface area contributed by atoms with Crippen molar-refractivity contribution >= 4 is 70.9 Å². The van der Waals surface area contributed by atoms with E-state index in [1.807, 2.05) is 0 Å². The average Bonchev–Trinajstić information content (AvgIpc) is 3.09. The Morgan fingerprint density at radius 3 is 1.60 bits per heavy atom. The zero-order chi connectivity index (χ0) is 43.2. The van der Waals surface area contributed by atoms with E-state index in [0.717, 1.165) is 71.0 Å². The number of phenolic OH excluding ortho intramolecular Hbond substituents is 2. The molecule has 18 nitrogen and oxygen atoms in total. The van der Waals surface area contributed by atoms with E-state index in [-0.39, 0.29) is 30.1 Å². The smallest absolute Gasteiger partial charge is 0.303 e. The SMILES string of the molecule is CC(=O)O[C@@H]1[C@@H](OC(C)=O)[C@H](Sc2cc(O)c3c(c2O)C(=O)C(C(CC=C(C)C)S[C@@H]2OC[C@H](OC(C)=O)[C@H](OC(C)=O)[C@H]2OC(C)=O)=CC3=O)OC[C@@H]1OC(C)=O. The van der Waals surface area contributed by atoms with Gasteiger partial charge in [0, 0.05) is 52.4 Å². The van der Waals surface area contributed by atoms with Gasteiger partial charge in [0.05, 0.1) is 29.2 Å². The fourth-order valence-corrected chi connectivity index (χ4v) is 8.89. The van der Waals surface area contributed by atoms with Crippen molar-refractivity contribution in [2.24, 2.45) is 0 Å². The predicted molar refractivity (Wildman–Crippen MR) is 201 cm³/mol. The first-order valence-electron chi connectivity index (χ1n) is 17.8. The van der Waals surface area contributed by atoms with Crippen LogP contribution in [0.5, 0.6) is 11.5 Å². The number of hydrogen-bond donors (Lipinski definition) is 2. The van der Waals surface area contributed by atoms with Crippen LogP contribution in [0.15, 0.2) is 34.3 Å². The quantitative estimate of drug-likeness (QED) is 0.125. The molecule has 1 aromatic rings. The molecular formula is C38H44O18S2. The maximum Gasteiger partial charge on any atom is 0.303 e. The van der Waals surface area contributed by atoms with Crippen LogP contribution in [0.4, 0.5) is 0 Å². The van der Waals surface area contributed by atoms with E-state index in [0.29, 0.717) is 11.8 Å². The van der Waals surface area contributed by atoms with Gasteiger partial charge in [-0.1, -0.05) is 23.4 Å². The van der Waals surface area contributed by atoms with Crippen LogP contribution < -0.4 is 0 Å². The van der Waals surface area contributed by atoms with Crippen LogP contribution in [-0.4, -0.2) is 124 Å². The molecule has 9 atom stereocenters. The van der Waals surface area contributed by atoms with Gasteiger partial charge in [-0.05, 0) is 32.4 Å². The number of phenols is 2. The normalized spacial score (nSPS) is 25.8. The molecule has 1 unspecified atom stereocenters. The van der Waals surface area contributed by atoms with Crippen molar-refractivity contribution < 1.29 is 86.5 Å². The van der Waals surface area contributed by atoms with E-state index in [4.69, 9.17) is 37.9 Å². The summed E-state index contributed by atoms with van der Waals surface area (Å²) in [6, 6.07) is 1.01. The monoisotopic (exact) mass is 852 g/mol. The number of hydrogen-bond acceptors (Lipinski definition) is 20. The second kappa shape index (κ2) is 19.7. The van der Waals surface area contributed by atoms with Crippen LogP contribution in [-0.2, 0) is 66.7 Å². The topological polar surface area (TPSA) is 251 Å². The molecule has 1 aromatic carbocycles. The highest BCUT2D eigenvalue weighted by molar-refractivity contribution is 8.00. The number of ether oxygens (including phenoxy) is 8. The number of carbonyl (C=O) groups is 8. The van der Waals surface area contributed by atoms with E-state index in [1.165, 1.54) is 0 Å². The summed E-state index contributed by atoms with van der Waals surface area (Å²) in [6.45, 7) is 9.58. The fourth-order valence-electron chi connectivity index (χ4n) is 6.38. The van der Waals surface area contributed by atoms with Crippen molar-refractivity contribution in [2.45, 2.75) is 119 Å². The summed E-state index contributed by atoms with van der Waals surface area (Å²) in [5.74, 6) is -7.77. The van der Waals surface area contributed by atoms with Crippen LogP contribution in [0, 0.1) is 0 Å². The van der Waals surface area contributed by atoms with E-state index in [2.05, 4.69) is 0 Å². The third-order valence-corrected chi connectivity index (χ3v) is 11.2. The van der Waals surface area contributed by atoms with Crippen molar-refractivity contribution in [1.82, 2.24) is 0 Å². The first-order valence-corrected chi connectivity index (χ1v) is 19.6. The summed E-state index contributed by atoms with van der Waals surface area (Å²) in [5, 5.41) is 21.9. The summed E-state index contributed by atoms with van der Waals surface area (Å²) in [4.78, 5) is 100. The Morgan fingerprint density at radius 1 is 0.690 bits per heavy atom. The van der Waals surface area contributed by atoms with Crippen molar-refractivity contribution in [2.75, 3.05) is 13.2 Å². The minimum absolute atomic E-state index is 0.0909. The molecule has 0 spiro atoms. The summed E-state index contributed by atoms with van der Waals surface area (Å²) in [5.41, 5.74) is -2.81. The Balaban J connectivity index is 1.74. The summed E-state index contributed by atoms with van der Waals surface area (Å²) in [7, 11) is 0. The number of ketones is 2. The van der Waals surface area contributed by atoms with Gasteiger partial charge >= 0.3 is 35.8 Å². The number of benzene rings is 1. The van der Waals surface area contributed by atoms with Crippen molar-refractivity contribution in [3.8, 4) is 11.5 Å². The van der Waals surface area contributed by atoms with Crippen molar-refractivity contribution in [3.05, 3.63) is 40.5 Å². The molecule has 0 bridgehead atoms. The highest BCUT2D eigenvalue weighted by Gasteiger charge is 2.50. The van der Waals surface area contributed by atoms with Crippen LogP contribution in [0.2, 0.25) is 0 Å². The van der Waals surface area contributed by atoms with Crippen molar-refractivity contribution in [3.63, 3.8) is 0 Å². The standard InChI is InChI=1S/C38H44O18S2/c1-15(2)9-10-27(57-37-35(55-20(7)43)33(53-18(5)41)25(13-49-37)51-16(3)39)22-11-23(45)29-24(46)12-28(32(48)30(29)31(22)47)58-38-36(56-21(8)44)34(54-19(6)42)26(14-50-38)52-17(4)40/h9,11-12,25-27,33-38,46,48H,10,13-14H2,1-8H3/t25-,26-,27?,33-,34-,35+,36+,37-,38-/m0/s1. The molecule has 20 heteroatoms. The molecule has 2 fully saturated rings. The number of allylic oxidation sites excluding steroid dienone is 3. The Hall–Kier alpha value is -4.92. The number of esters is 6. The molecule has 3 aliphatic rings. The zero-order valence-corrected chi connectivity index (χ0v) is 34.4. The minimum Gasteiger partial charge on any atom is -0.507 e. The van der Waals surface area contributed by atoms with Crippen LogP contribution >= 0.6 is 23.5 Å². The number of rotatable bonds is 13. The molecule has 0 saturated carbocycles. The lowest BCUT2D eigenvalue weighted by atomic mass is 9.86. The Morgan fingerprint density at radius 2 is 1.14 bits per heavy atom. The summed E-state index contributed by atoms with van der Waals surface area (Å²) in [6.07, 6.45) is -4.96. The molecule has 1 aliphatic carbocycles. The number of fused-ring (bicyclic) bond motifs is 1. The average molecular weight is 853 g/mol.